The molecular weight excluding hydrogens is 537 g/mol. The zero-order valence-corrected chi connectivity index (χ0v) is 23.7. The summed E-state index contributed by atoms with van der Waals surface area (Å²) in [5.74, 6) is 1.50. The van der Waals surface area contributed by atoms with E-state index < -0.39 is 5.82 Å². The van der Waals surface area contributed by atoms with E-state index in [-0.39, 0.29) is 17.6 Å². The van der Waals surface area contributed by atoms with Gasteiger partial charge in [0.15, 0.2) is 11.6 Å². The molecule has 5 rings (SSSR count). The maximum atomic E-state index is 15.5. The van der Waals surface area contributed by atoms with Crippen molar-refractivity contribution in [1.82, 2.24) is 20.3 Å². The number of fused-ring (bicyclic) bond motifs is 1. The van der Waals surface area contributed by atoms with Gasteiger partial charge >= 0.3 is 0 Å². The van der Waals surface area contributed by atoms with Gasteiger partial charge in [0.2, 0.25) is 5.91 Å². The molecule has 1 aliphatic rings. The normalized spacial score (nSPS) is 13.8. The van der Waals surface area contributed by atoms with Crippen LogP contribution in [0.25, 0.3) is 11.0 Å². The van der Waals surface area contributed by atoms with Crippen LogP contribution in [0.3, 0.4) is 0 Å². The molecule has 2 aromatic carbocycles. The van der Waals surface area contributed by atoms with Gasteiger partial charge < -0.3 is 20.3 Å². The number of amides is 1. The highest BCUT2D eigenvalue weighted by molar-refractivity contribution is 5.88. The van der Waals surface area contributed by atoms with Crippen molar-refractivity contribution >= 4 is 40.0 Å². The lowest BCUT2D eigenvalue weighted by atomic mass is 10.0. The van der Waals surface area contributed by atoms with Crippen LogP contribution in [0.5, 0.6) is 11.5 Å². The zero-order valence-electron chi connectivity index (χ0n) is 23.7. The Morgan fingerprint density at radius 2 is 1.90 bits per heavy atom. The van der Waals surface area contributed by atoms with Gasteiger partial charge in [-0.05, 0) is 74.4 Å². The first kappa shape index (κ1) is 28.4. The molecule has 12 heteroatoms. The topological polar surface area (TPSA) is 120 Å². The first-order valence-corrected chi connectivity index (χ1v) is 13.5. The third kappa shape index (κ3) is 6.27. The molecule has 0 saturated carbocycles. The maximum Gasteiger partial charge on any atom is 0.243 e. The number of benzene rings is 2. The molecular formula is C30H32FN9O2. The second-order valence-electron chi connectivity index (χ2n) is 9.82. The van der Waals surface area contributed by atoms with Gasteiger partial charge in [0.1, 0.15) is 29.2 Å². The summed E-state index contributed by atoms with van der Waals surface area (Å²) < 4.78 is 21.5. The van der Waals surface area contributed by atoms with Crippen molar-refractivity contribution in [2.45, 2.75) is 25.8 Å². The van der Waals surface area contributed by atoms with Gasteiger partial charge in [-0.2, -0.15) is 5.11 Å². The number of ether oxygens (including phenoxy) is 1. The molecule has 216 valence electrons. The lowest BCUT2D eigenvalue weighted by Gasteiger charge is -2.33. The highest BCUT2D eigenvalue weighted by Gasteiger charge is 2.22. The van der Waals surface area contributed by atoms with Gasteiger partial charge in [-0.25, -0.2) is 19.3 Å². The highest BCUT2D eigenvalue weighted by atomic mass is 19.1. The van der Waals surface area contributed by atoms with E-state index >= 15 is 4.39 Å². The Labute approximate surface area is 243 Å². The van der Waals surface area contributed by atoms with Crippen LogP contribution in [-0.2, 0) is 4.79 Å². The Balaban J connectivity index is 1.32. The average molecular weight is 570 g/mol. The van der Waals surface area contributed by atoms with E-state index in [1.165, 1.54) is 12.4 Å². The average Bonchev–Trinajstić information content (AvgIpc) is 3.01. The van der Waals surface area contributed by atoms with Crippen LogP contribution in [0.15, 0.2) is 77.9 Å². The number of halogens is 1. The number of pyridine rings is 1. The zero-order chi connectivity index (χ0) is 29.6. The largest absolute Gasteiger partial charge is 0.457 e. The van der Waals surface area contributed by atoms with Gasteiger partial charge in [-0.3, -0.25) is 9.80 Å². The Bertz CT molecular complexity index is 1620. The molecule has 0 bridgehead atoms. The monoisotopic (exact) mass is 569 g/mol. The van der Waals surface area contributed by atoms with Crippen molar-refractivity contribution in [3.63, 3.8) is 0 Å². The van der Waals surface area contributed by atoms with Gasteiger partial charge in [0, 0.05) is 31.7 Å². The van der Waals surface area contributed by atoms with E-state index in [0.29, 0.717) is 33.9 Å². The summed E-state index contributed by atoms with van der Waals surface area (Å²) in [5.41, 5.74) is 2.59. The first-order valence-electron chi connectivity index (χ1n) is 13.5. The second-order valence-corrected chi connectivity index (χ2v) is 9.82. The number of carbonyl (C=O) groups is 1. The predicted molar refractivity (Wildman–Crippen MR) is 161 cm³/mol. The summed E-state index contributed by atoms with van der Waals surface area (Å²) in [6.45, 7) is 6.64. The van der Waals surface area contributed by atoms with Crippen LogP contribution < -0.4 is 25.3 Å². The summed E-state index contributed by atoms with van der Waals surface area (Å²) >= 11 is 0. The molecule has 1 fully saturated rings. The Morgan fingerprint density at radius 1 is 1.14 bits per heavy atom. The number of nitrogens with zero attached hydrogens (tertiary/aromatic N) is 7. The molecule has 1 amide bonds. The van der Waals surface area contributed by atoms with Crippen molar-refractivity contribution < 1.29 is 13.9 Å². The van der Waals surface area contributed by atoms with Crippen molar-refractivity contribution in [2.24, 2.45) is 10.3 Å². The Kier molecular flexibility index (Phi) is 8.51. The number of nitrogens with one attached hydrogen (secondary N) is 2. The van der Waals surface area contributed by atoms with Crippen LogP contribution in [0.2, 0.25) is 0 Å². The fourth-order valence-electron chi connectivity index (χ4n) is 4.76. The fourth-order valence-corrected chi connectivity index (χ4v) is 4.76. The van der Waals surface area contributed by atoms with E-state index in [2.05, 4.69) is 42.4 Å². The molecule has 2 aromatic heterocycles. The lowest BCUT2D eigenvalue weighted by molar-refractivity contribution is -0.117. The summed E-state index contributed by atoms with van der Waals surface area (Å²) in [4.78, 5) is 27.3. The van der Waals surface area contributed by atoms with Gasteiger partial charge in [0.25, 0.3) is 0 Å². The van der Waals surface area contributed by atoms with Gasteiger partial charge in [-0.15, -0.1) is 0 Å². The van der Waals surface area contributed by atoms with Crippen LogP contribution in [0.4, 0.5) is 27.4 Å². The maximum absolute atomic E-state index is 15.5. The second kappa shape index (κ2) is 12.6. The molecule has 0 unspecified atom stereocenters. The first-order chi connectivity index (χ1) is 20.4. The summed E-state index contributed by atoms with van der Waals surface area (Å²) in [5, 5.41) is 15.4. The SMILES string of the molecule is C=CC(=O)NC1CCN(c2ccc3ncnc(Nc4ccc(Oc5ccc(N(C)N=NC)cc5)c(C)c4F)c3n2)CC1. The Hall–Kier alpha value is -5.13. The molecule has 1 saturated heterocycles. The van der Waals surface area contributed by atoms with Crippen LogP contribution >= 0.6 is 0 Å². The Morgan fingerprint density at radius 3 is 2.62 bits per heavy atom. The molecule has 4 aromatic rings. The molecule has 2 N–H and O–H groups in total. The molecule has 0 atom stereocenters. The van der Waals surface area contributed by atoms with Crippen molar-refractivity contribution in [1.29, 1.82) is 0 Å². The molecule has 42 heavy (non-hydrogen) atoms. The standard InChI is InChI=1S/C30H32FN9O2/c1-5-27(41)35-20-14-16-40(17-15-20)26-13-11-24-29(37-26)30(34-18-33-24)36-23-10-12-25(19(2)28(23)31)42-22-8-6-21(7-9-22)39(4)38-32-3/h5-13,18,20H,1,14-17H2,2-4H3,(H,35,41)(H,33,34,36). The molecule has 3 heterocycles. The fraction of sp³-hybridized carbons (Fsp3) is 0.267. The van der Waals surface area contributed by atoms with E-state index in [1.54, 1.807) is 50.3 Å². The lowest BCUT2D eigenvalue weighted by Crippen LogP contribution is -2.44. The van der Waals surface area contributed by atoms with Crippen molar-refractivity contribution in [3.05, 3.63) is 78.9 Å². The number of anilines is 4. The number of piperidine rings is 1. The molecule has 1 aliphatic heterocycles. The van der Waals surface area contributed by atoms with E-state index in [9.17, 15) is 4.79 Å². The molecule has 0 radical (unpaired) electrons. The predicted octanol–water partition coefficient (Wildman–Crippen LogP) is 5.71. The third-order valence-corrected chi connectivity index (χ3v) is 7.07. The van der Waals surface area contributed by atoms with Crippen molar-refractivity contribution in [3.8, 4) is 11.5 Å². The summed E-state index contributed by atoms with van der Waals surface area (Å²) in [7, 11) is 3.40. The number of rotatable bonds is 9. The summed E-state index contributed by atoms with van der Waals surface area (Å²) in [6, 6.07) is 14.5. The number of carbonyl (C=O) groups excluding carboxylic acids is 1. The third-order valence-electron chi connectivity index (χ3n) is 7.07. The van der Waals surface area contributed by atoms with Gasteiger partial charge in [-0.1, -0.05) is 11.8 Å². The van der Waals surface area contributed by atoms with E-state index in [1.807, 2.05) is 24.3 Å². The number of hydrogen-bond donors (Lipinski definition) is 2. The quantitative estimate of drug-likeness (QED) is 0.149. The number of aromatic nitrogens is 3. The molecule has 0 aliphatic carbocycles. The van der Waals surface area contributed by atoms with Crippen LogP contribution in [-0.4, -0.2) is 54.1 Å². The smallest absolute Gasteiger partial charge is 0.243 e. The van der Waals surface area contributed by atoms with E-state index in [0.717, 1.165) is 37.4 Å². The molecule has 11 nitrogen and oxygen atoms in total. The van der Waals surface area contributed by atoms with E-state index in [4.69, 9.17) is 9.72 Å². The highest BCUT2D eigenvalue weighted by Crippen LogP contribution is 2.33. The van der Waals surface area contributed by atoms with Crippen molar-refractivity contribution in [2.75, 3.05) is 42.4 Å². The minimum Gasteiger partial charge on any atom is -0.457 e. The number of hydrogen-bond acceptors (Lipinski definition) is 9. The minimum absolute atomic E-state index is 0.102. The summed E-state index contributed by atoms with van der Waals surface area (Å²) in [6.07, 6.45) is 4.30. The minimum atomic E-state index is -0.459. The van der Waals surface area contributed by atoms with Gasteiger partial charge in [0.05, 0.1) is 23.9 Å². The molecule has 0 spiro atoms. The van der Waals surface area contributed by atoms with Crippen LogP contribution in [0.1, 0.15) is 18.4 Å². The van der Waals surface area contributed by atoms with Crippen LogP contribution in [0, 0.1) is 12.7 Å².